The summed E-state index contributed by atoms with van der Waals surface area (Å²) in [5.74, 6) is 0. The molecule has 2 rings (SSSR count). The first-order chi connectivity index (χ1) is 11.8. The number of halogens is 1. The van der Waals surface area contributed by atoms with Crippen molar-refractivity contribution in [3.8, 4) is 0 Å². The molecular formula is C20H24ClNO2Se. The number of benzene rings is 2. The number of carbonyl (C=O) groups is 1. The molecule has 0 aliphatic rings. The minimum absolute atomic E-state index is 0.0351. The molecule has 1 N–H and O–H groups in total. The number of hydrogen-bond acceptors (Lipinski definition) is 2. The van der Waals surface area contributed by atoms with Gasteiger partial charge in [-0.05, 0) is 0 Å². The Labute approximate surface area is 161 Å². The first-order valence-corrected chi connectivity index (χ1v) is 10.7. The van der Waals surface area contributed by atoms with Gasteiger partial charge < -0.3 is 0 Å². The van der Waals surface area contributed by atoms with E-state index in [1.165, 1.54) is 10.0 Å². The average Bonchev–Trinajstić information content (AvgIpc) is 2.53. The molecule has 0 bridgehead atoms. The molecular weight excluding hydrogens is 401 g/mol. The first-order valence-electron chi connectivity index (χ1n) is 8.23. The second-order valence-corrected chi connectivity index (χ2v) is 9.53. The zero-order chi connectivity index (χ0) is 18.3. The van der Waals surface area contributed by atoms with Gasteiger partial charge in [-0.15, -0.1) is 0 Å². The van der Waals surface area contributed by atoms with Gasteiger partial charge in [0.1, 0.15) is 0 Å². The Morgan fingerprint density at radius 1 is 1.12 bits per heavy atom. The number of rotatable bonds is 6. The van der Waals surface area contributed by atoms with E-state index in [1.807, 2.05) is 51.1 Å². The van der Waals surface area contributed by atoms with Crippen molar-refractivity contribution in [3.63, 3.8) is 0 Å². The van der Waals surface area contributed by atoms with E-state index in [-0.39, 0.29) is 27.1 Å². The predicted molar refractivity (Wildman–Crippen MR) is 105 cm³/mol. The summed E-state index contributed by atoms with van der Waals surface area (Å²) in [7, 11) is 0. The average molecular weight is 425 g/mol. The van der Waals surface area contributed by atoms with Crippen LogP contribution in [-0.4, -0.2) is 32.7 Å². The molecule has 1 amide bonds. The van der Waals surface area contributed by atoms with Crippen LogP contribution in [0, 0.1) is 0 Å². The summed E-state index contributed by atoms with van der Waals surface area (Å²) >= 11 is 6.19. The van der Waals surface area contributed by atoms with Crippen LogP contribution in [0.2, 0.25) is 10.3 Å². The fourth-order valence-electron chi connectivity index (χ4n) is 2.25. The van der Waals surface area contributed by atoms with E-state index in [0.29, 0.717) is 0 Å². The Morgan fingerprint density at radius 2 is 1.76 bits per heavy atom. The van der Waals surface area contributed by atoms with Gasteiger partial charge in [0.05, 0.1) is 0 Å². The third-order valence-electron chi connectivity index (χ3n) is 3.31. The van der Waals surface area contributed by atoms with Crippen LogP contribution in [-0.2, 0) is 11.2 Å². The number of amides is 1. The van der Waals surface area contributed by atoms with Crippen LogP contribution in [0.1, 0.15) is 26.3 Å². The molecule has 0 saturated carbocycles. The van der Waals surface area contributed by atoms with Crippen molar-refractivity contribution < 1.29 is 9.53 Å². The van der Waals surface area contributed by atoms with Crippen LogP contribution in [0.4, 0.5) is 4.79 Å². The van der Waals surface area contributed by atoms with Crippen molar-refractivity contribution >= 4 is 37.1 Å². The third kappa shape index (κ3) is 7.96. The van der Waals surface area contributed by atoms with Crippen molar-refractivity contribution in [2.45, 2.75) is 44.2 Å². The molecule has 0 spiro atoms. The van der Waals surface area contributed by atoms with E-state index < -0.39 is 5.60 Å². The third-order valence-corrected chi connectivity index (χ3v) is 6.03. The molecule has 3 nitrogen and oxygen atoms in total. The molecule has 25 heavy (non-hydrogen) atoms. The second kappa shape index (κ2) is 9.28. The number of carbonyl (C=O) groups excluding carboxylic acids is 1. The van der Waals surface area contributed by atoms with Crippen molar-refractivity contribution in [3.05, 3.63) is 65.2 Å². The van der Waals surface area contributed by atoms with Crippen LogP contribution in [0.25, 0.3) is 0 Å². The van der Waals surface area contributed by atoms with E-state index >= 15 is 0 Å². The first kappa shape index (κ1) is 19.8. The molecule has 0 aromatic heterocycles. The molecule has 134 valence electrons. The van der Waals surface area contributed by atoms with Gasteiger partial charge in [-0.25, -0.2) is 0 Å². The molecule has 1 atom stereocenters. The van der Waals surface area contributed by atoms with Gasteiger partial charge in [0.25, 0.3) is 0 Å². The van der Waals surface area contributed by atoms with Gasteiger partial charge in [-0.3, -0.25) is 0 Å². The van der Waals surface area contributed by atoms with E-state index in [2.05, 4.69) is 29.6 Å². The molecule has 0 fully saturated rings. The van der Waals surface area contributed by atoms with Crippen molar-refractivity contribution in [2.24, 2.45) is 0 Å². The van der Waals surface area contributed by atoms with Crippen molar-refractivity contribution in [2.75, 3.05) is 0 Å². The number of ether oxygens (including phenoxy) is 1. The molecule has 0 aliphatic carbocycles. The molecule has 2 aromatic carbocycles. The topological polar surface area (TPSA) is 38.3 Å². The normalized spacial score (nSPS) is 12.5. The van der Waals surface area contributed by atoms with Crippen LogP contribution >= 0.6 is 11.6 Å². The summed E-state index contributed by atoms with van der Waals surface area (Å²) in [5.41, 5.74) is 0.707. The number of alkyl carbamates (subject to hydrolysis) is 1. The van der Waals surface area contributed by atoms with E-state index in [0.717, 1.165) is 16.8 Å². The second-order valence-electron chi connectivity index (χ2n) is 6.80. The summed E-state index contributed by atoms with van der Waals surface area (Å²) in [6.07, 6.45) is 0.426. The Bertz CT molecular complexity index is 668. The molecule has 0 radical (unpaired) electrons. The van der Waals surface area contributed by atoms with Crippen LogP contribution in [0.3, 0.4) is 0 Å². The Morgan fingerprint density at radius 3 is 2.36 bits per heavy atom. The van der Waals surface area contributed by atoms with Gasteiger partial charge >= 0.3 is 161 Å². The molecule has 5 heteroatoms. The molecule has 2 aromatic rings. The SMILES string of the molecule is CC(C)(C)OC(=O)N[C@H](C[Se]c1ccc(Cl)cc1)Cc1ccccc1. The fraction of sp³-hybridized carbons (Fsp3) is 0.350. The monoisotopic (exact) mass is 425 g/mol. The number of nitrogens with one attached hydrogen (secondary N) is 1. The van der Waals surface area contributed by atoms with Gasteiger partial charge in [0.2, 0.25) is 0 Å². The van der Waals surface area contributed by atoms with E-state index in [9.17, 15) is 4.79 Å². The van der Waals surface area contributed by atoms with Crippen molar-refractivity contribution in [1.29, 1.82) is 0 Å². The maximum atomic E-state index is 12.2. The Balaban J connectivity index is 2.00. The fourth-order valence-corrected chi connectivity index (χ4v) is 4.32. The summed E-state index contributed by atoms with van der Waals surface area (Å²) in [6.45, 7) is 5.61. The van der Waals surface area contributed by atoms with Crippen LogP contribution in [0.5, 0.6) is 0 Å². The van der Waals surface area contributed by atoms with E-state index in [4.69, 9.17) is 16.3 Å². The predicted octanol–water partition coefficient (Wildman–Crippen LogP) is 4.22. The molecule has 0 aliphatic heterocycles. The van der Waals surface area contributed by atoms with Gasteiger partial charge in [-0.1, -0.05) is 0 Å². The molecule has 0 heterocycles. The summed E-state index contributed by atoms with van der Waals surface area (Å²) in [4.78, 5) is 12.2. The van der Waals surface area contributed by atoms with Gasteiger partial charge in [-0.2, -0.15) is 0 Å². The number of hydrogen-bond donors (Lipinski definition) is 1. The standard InChI is InChI=1S/C20H24ClNO2Se/c1-20(2,3)24-19(23)22-17(13-15-7-5-4-6-8-15)14-25-18-11-9-16(21)10-12-18/h4-12,17H,13-14H2,1-3H3,(H,22,23)/t17-/m0/s1. The van der Waals surface area contributed by atoms with E-state index in [1.54, 1.807) is 0 Å². The summed E-state index contributed by atoms with van der Waals surface area (Å²) in [5, 5.41) is 4.67. The molecule has 0 unspecified atom stereocenters. The Kier molecular flexibility index (Phi) is 7.37. The Hall–Kier alpha value is -1.48. The van der Waals surface area contributed by atoms with Crippen LogP contribution < -0.4 is 9.78 Å². The quantitative estimate of drug-likeness (QED) is 0.705. The zero-order valence-corrected chi connectivity index (χ0v) is 17.3. The minimum atomic E-state index is -0.497. The van der Waals surface area contributed by atoms with Crippen LogP contribution in [0.15, 0.2) is 54.6 Å². The summed E-state index contributed by atoms with van der Waals surface area (Å²) in [6, 6.07) is 18.2. The van der Waals surface area contributed by atoms with Gasteiger partial charge in [0, 0.05) is 0 Å². The molecule has 0 saturated heterocycles. The van der Waals surface area contributed by atoms with Crippen molar-refractivity contribution in [1.82, 2.24) is 5.32 Å². The maximum absolute atomic E-state index is 12.2. The zero-order valence-electron chi connectivity index (χ0n) is 14.8. The summed E-state index contributed by atoms with van der Waals surface area (Å²) < 4.78 is 6.68. The van der Waals surface area contributed by atoms with Gasteiger partial charge in [0.15, 0.2) is 0 Å².